The van der Waals surface area contributed by atoms with Gasteiger partial charge in [-0.2, -0.15) is 0 Å². The average Bonchev–Trinajstić information content (AvgIpc) is 2.63. The lowest BCUT2D eigenvalue weighted by atomic mass is 10.1. The van der Waals surface area contributed by atoms with Gasteiger partial charge in [-0.15, -0.1) is 0 Å². The van der Waals surface area contributed by atoms with Crippen molar-refractivity contribution in [2.24, 2.45) is 5.73 Å². The van der Waals surface area contributed by atoms with Gasteiger partial charge in [0.25, 0.3) is 5.91 Å². The third-order valence-corrected chi connectivity index (χ3v) is 4.29. The van der Waals surface area contributed by atoms with Gasteiger partial charge in [-0.05, 0) is 62.4 Å². The van der Waals surface area contributed by atoms with E-state index < -0.39 is 5.91 Å². The molecular weight excluding hydrogens is 330 g/mol. The van der Waals surface area contributed by atoms with Gasteiger partial charge in [-0.25, -0.2) is 0 Å². The van der Waals surface area contributed by atoms with Crippen LogP contribution in [-0.4, -0.2) is 31.5 Å². The summed E-state index contributed by atoms with van der Waals surface area (Å²) in [6.07, 6.45) is 0. The van der Waals surface area contributed by atoms with Gasteiger partial charge < -0.3 is 20.7 Å². The first-order valence-electron chi connectivity index (χ1n) is 8.65. The molecule has 6 heteroatoms. The number of hydrogen-bond acceptors (Lipinski definition) is 3. The fourth-order valence-electron chi connectivity index (χ4n) is 2.54. The summed E-state index contributed by atoms with van der Waals surface area (Å²) >= 11 is 0. The monoisotopic (exact) mass is 356 g/mol. The highest BCUT2D eigenvalue weighted by Crippen LogP contribution is 2.12. The molecule has 2 rings (SSSR count). The van der Waals surface area contributed by atoms with Gasteiger partial charge >= 0.3 is 0 Å². The zero-order valence-corrected chi connectivity index (χ0v) is 15.4. The predicted molar refractivity (Wildman–Crippen MR) is 101 cm³/mol. The summed E-state index contributed by atoms with van der Waals surface area (Å²) in [5.74, 6) is 0.273. The van der Waals surface area contributed by atoms with Crippen molar-refractivity contribution in [3.8, 4) is 5.75 Å². The molecule has 0 bridgehead atoms. The molecule has 138 valence electrons. The second kappa shape index (κ2) is 9.01. The van der Waals surface area contributed by atoms with Crippen LogP contribution in [0, 0.1) is 0 Å². The van der Waals surface area contributed by atoms with Gasteiger partial charge in [0.2, 0.25) is 5.91 Å². The topological polar surface area (TPSA) is 85.9 Å². The molecule has 26 heavy (non-hydrogen) atoms. The lowest BCUT2D eigenvalue weighted by Crippen LogP contribution is -3.12. The summed E-state index contributed by atoms with van der Waals surface area (Å²) in [5.41, 5.74) is 7.40. The maximum absolute atomic E-state index is 12.5. The first-order valence-corrected chi connectivity index (χ1v) is 8.65. The normalized spacial score (nSPS) is 12.9. The van der Waals surface area contributed by atoms with Gasteiger partial charge in [0.05, 0.1) is 13.7 Å². The van der Waals surface area contributed by atoms with Crippen molar-refractivity contribution in [2.45, 2.75) is 26.4 Å². The zero-order chi connectivity index (χ0) is 19.1. The highest BCUT2D eigenvalue weighted by molar-refractivity contribution is 5.95. The van der Waals surface area contributed by atoms with Gasteiger partial charge in [0, 0.05) is 16.8 Å². The molecule has 0 heterocycles. The predicted octanol–water partition coefficient (Wildman–Crippen LogP) is 1.23. The summed E-state index contributed by atoms with van der Waals surface area (Å²) in [6.45, 7) is 5.20. The molecule has 2 amide bonds. The molecule has 6 nitrogen and oxygen atoms in total. The SMILES string of the molecule is CCOc1ccc(C[NH+](C)[C@H](C)C(=O)Nc2ccc(C(N)=O)cc2)cc1. The number of ether oxygens (including phenoxy) is 1. The van der Waals surface area contributed by atoms with Crippen molar-refractivity contribution in [3.63, 3.8) is 0 Å². The minimum absolute atomic E-state index is 0.0831. The molecule has 0 saturated heterocycles. The van der Waals surface area contributed by atoms with E-state index in [-0.39, 0.29) is 11.9 Å². The molecule has 0 aromatic heterocycles. The Morgan fingerprint density at radius 1 is 1.12 bits per heavy atom. The Hall–Kier alpha value is -2.86. The Morgan fingerprint density at radius 3 is 2.27 bits per heavy atom. The number of nitrogens with one attached hydrogen (secondary N) is 2. The van der Waals surface area contributed by atoms with Crippen LogP contribution < -0.4 is 20.7 Å². The number of amides is 2. The molecule has 0 aliphatic carbocycles. The van der Waals surface area contributed by atoms with Crippen LogP contribution in [0.2, 0.25) is 0 Å². The van der Waals surface area contributed by atoms with Crippen LogP contribution in [0.15, 0.2) is 48.5 Å². The maximum Gasteiger partial charge on any atom is 0.282 e. The number of rotatable bonds is 8. The summed E-state index contributed by atoms with van der Waals surface area (Å²) in [4.78, 5) is 24.6. The van der Waals surface area contributed by atoms with Crippen molar-refractivity contribution in [1.82, 2.24) is 0 Å². The number of benzene rings is 2. The van der Waals surface area contributed by atoms with Gasteiger partial charge in [0.15, 0.2) is 6.04 Å². The Bertz CT molecular complexity index is 742. The summed E-state index contributed by atoms with van der Waals surface area (Å²) in [6, 6.07) is 14.2. The number of hydrogen-bond donors (Lipinski definition) is 3. The first-order chi connectivity index (χ1) is 12.4. The second-order valence-corrected chi connectivity index (χ2v) is 6.25. The van der Waals surface area contributed by atoms with Crippen molar-refractivity contribution in [2.75, 3.05) is 19.0 Å². The quantitative estimate of drug-likeness (QED) is 0.665. The molecule has 0 saturated carbocycles. The molecule has 0 aliphatic heterocycles. The number of carbonyl (C=O) groups excluding carboxylic acids is 2. The smallest absolute Gasteiger partial charge is 0.282 e. The molecule has 2 aromatic carbocycles. The molecule has 2 atom stereocenters. The highest BCUT2D eigenvalue weighted by Gasteiger charge is 2.22. The highest BCUT2D eigenvalue weighted by atomic mass is 16.5. The molecule has 2 aromatic rings. The van der Waals surface area contributed by atoms with Crippen LogP contribution >= 0.6 is 0 Å². The third kappa shape index (κ3) is 5.32. The number of carbonyl (C=O) groups is 2. The second-order valence-electron chi connectivity index (χ2n) is 6.25. The largest absolute Gasteiger partial charge is 0.494 e. The molecule has 1 unspecified atom stereocenters. The van der Waals surface area contributed by atoms with Crippen molar-refractivity contribution in [1.29, 1.82) is 0 Å². The summed E-state index contributed by atoms with van der Waals surface area (Å²) in [7, 11) is 1.98. The average molecular weight is 356 g/mol. The fourth-order valence-corrected chi connectivity index (χ4v) is 2.54. The van der Waals surface area contributed by atoms with E-state index in [4.69, 9.17) is 10.5 Å². The van der Waals surface area contributed by atoms with E-state index in [9.17, 15) is 9.59 Å². The standard InChI is InChI=1S/C20H25N3O3/c1-4-26-18-11-5-15(6-12-18)13-23(3)14(2)20(25)22-17-9-7-16(8-10-17)19(21)24/h5-12,14H,4,13H2,1-3H3,(H2,21,24)(H,22,25)/p+1/t14-/m1/s1. The fraction of sp³-hybridized carbons (Fsp3) is 0.300. The number of nitrogens with two attached hydrogens (primary N) is 1. The number of anilines is 1. The van der Waals surface area contributed by atoms with E-state index in [1.165, 1.54) is 0 Å². The summed E-state index contributed by atoms with van der Waals surface area (Å²) < 4.78 is 5.44. The Morgan fingerprint density at radius 2 is 1.73 bits per heavy atom. The van der Waals surface area contributed by atoms with Gasteiger partial charge in [-0.3, -0.25) is 9.59 Å². The third-order valence-electron chi connectivity index (χ3n) is 4.29. The van der Waals surface area contributed by atoms with Crippen LogP contribution in [0.1, 0.15) is 29.8 Å². The number of quaternary nitrogens is 1. The van der Waals surface area contributed by atoms with Gasteiger partial charge in [-0.1, -0.05) is 0 Å². The minimum Gasteiger partial charge on any atom is -0.494 e. The van der Waals surface area contributed by atoms with E-state index >= 15 is 0 Å². The molecule has 0 radical (unpaired) electrons. The van der Waals surface area contributed by atoms with Crippen LogP contribution in [-0.2, 0) is 11.3 Å². The van der Waals surface area contributed by atoms with Crippen LogP contribution in [0.5, 0.6) is 5.75 Å². The van der Waals surface area contributed by atoms with Crippen LogP contribution in [0.3, 0.4) is 0 Å². The van der Waals surface area contributed by atoms with E-state index in [2.05, 4.69) is 5.32 Å². The van der Waals surface area contributed by atoms with Gasteiger partial charge in [0.1, 0.15) is 12.3 Å². The van der Waals surface area contributed by atoms with Crippen molar-refractivity contribution < 1.29 is 19.2 Å². The molecular formula is C20H26N3O3+. The first kappa shape index (κ1) is 19.5. The number of likely N-dealkylation sites (N-methyl/N-ethyl adjacent to an activating group) is 1. The molecule has 0 fully saturated rings. The Balaban J connectivity index is 1.92. The maximum atomic E-state index is 12.5. The number of primary amides is 1. The van der Waals surface area contributed by atoms with E-state index in [0.29, 0.717) is 17.9 Å². The van der Waals surface area contributed by atoms with E-state index in [1.807, 2.05) is 45.2 Å². The van der Waals surface area contributed by atoms with Crippen molar-refractivity contribution >= 4 is 17.5 Å². The van der Waals surface area contributed by atoms with E-state index in [1.54, 1.807) is 24.3 Å². The van der Waals surface area contributed by atoms with Crippen LogP contribution in [0.25, 0.3) is 0 Å². The zero-order valence-electron chi connectivity index (χ0n) is 15.4. The lowest BCUT2D eigenvalue weighted by molar-refractivity contribution is -0.907. The minimum atomic E-state index is -0.490. The summed E-state index contributed by atoms with van der Waals surface area (Å²) in [5, 5.41) is 2.87. The Labute approximate surface area is 153 Å². The van der Waals surface area contributed by atoms with Crippen molar-refractivity contribution in [3.05, 3.63) is 59.7 Å². The molecule has 0 aliphatic rings. The van der Waals surface area contributed by atoms with Crippen LogP contribution in [0.4, 0.5) is 5.69 Å². The van der Waals surface area contributed by atoms with E-state index in [0.717, 1.165) is 22.8 Å². The molecule has 4 N–H and O–H groups in total. The molecule has 0 spiro atoms. The Kier molecular flexibility index (Phi) is 6.74. The lowest BCUT2D eigenvalue weighted by Gasteiger charge is -2.21.